The Morgan fingerprint density at radius 3 is 2.52 bits per heavy atom. The van der Waals surface area contributed by atoms with Crippen LogP contribution in [0.1, 0.15) is 30.1 Å². The van der Waals surface area contributed by atoms with Gasteiger partial charge in [-0.2, -0.15) is 0 Å². The molecule has 0 bridgehead atoms. The monoisotopic (exact) mass is 385 g/mol. The van der Waals surface area contributed by atoms with E-state index in [0.29, 0.717) is 6.61 Å². The van der Waals surface area contributed by atoms with Crippen molar-refractivity contribution in [3.63, 3.8) is 0 Å². The van der Waals surface area contributed by atoms with Crippen LogP contribution in [-0.2, 0) is 19.6 Å². The summed E-state index contributed by atoms with van der Waals surface area (Å²) >= 11 is 5.96. The molecule has 0 amide bonds. The summed E-state index contributed by atoms with van der Waals surface area (Å²) in [4.78, 5) is 25.4. The average Bonchev–Trinajstić information content (AvgIpc) is 3.38. The van der Waals surface area contributed by atoms with Gasteiger partial charge in [-0.1, -0.05) is 11.6 Å². The van der Waals surface area contributed by atoms with Crippen LogP contribution in [0.2, 0.25) is 5.02 Å². The zero-order valence-electron chi connectivity index (χ0n) is 14.3. The summed E-state index contributed by atoms with van der Waals surface area (Å²) in [5.74, 6) is -1.02. The topological polar surface area (TPSA) is 80.8 Å². The Kier molecular flexibility index (Phi) is 5.90. The molecule has 1 aliphatic carbocycles. The fourth-order valence-electron chi connectivity index (χ4n) is 2.24. The molecule has 1 aliphatic rings. The van der Waals surface area contributed by atoms with Crippen LogP contribution >= 0.6 is 11.6 Å². The fraction of sp³-hybridized carbons (Fsp3) is 0.412. The molecule has 2 rings (SSSR count). The predicted molar refractivity (Wildman–Crippen MR) is 96.5 cm³/mol. The third kappa shape index (κ3) is 4.61. The number of ketones is 2. The first-order valence-corrected chi connectivity index (χ1v) is 10.0. The highest BCUT2D eigenvalue weighted by Crippen LogP contribution is 2.35. The fourth-order valence-corrected chi connectivity index (χ4v) is 2.91. The molecule has 0 atom stereocenters. The van der Waals surface area contributed by atoms with Gasteiger partial charge in [0.05, 0.1) is 24.8 Å². The number of carbonyl (C=O) groups is 2. The third-order valence-electron chi connectivity index (χ3n) is 3.87. The number of benzene rings is 1. The summed E-state index contributed by atoms with van der Waals surface area (Å²) in [5, 5.41) is 0.283. The number of allylic oxidation sites excluding steroid dienone is 1. The lowest BCUT2D eigenvalue weighted by Crippen LogP contribution is -2.27. The SMILES string of the molecule is CCO/C=C(\C(=O)c1ccc(Cl)cc1N(C)S(C)(=O)=O)C(=O)C1CC1. The van der Waals surface area contributed by atoms with Crippen molar-refractivity contribution in [1.29, 1.82) is 0 Å². The maximum atomic E-state index is 13.0. The first-order chi connectivity index (χ1) is 11.7. The van der Waals surface area contributed by atoms with Crippen LogP contribution in [0.25, 0.3) is 0 Å². The van der Waals surface area contributed by atoms with Gasteiger partial charge < -0.3 is 4.74 Å². The Hall–Kier alpha value is -1.86. The minimum atomic E-state index is -3.61. The van der Waals surface area contributed by atoms with Crippen molar-refractivity contribution >= 4 is 38.9 Å². The molecule has 1 aromatic rings. The van der Waals surface area contributed by atoms with Gasteiger partial charge >= 0.3 is 0 Å². The summed E-state index contributed by atoms with van der Waals surface area (Å²) in [6.07, 6.45) is 3.68. The van der Waals surface area contributed by atoms with E-state index in [4.69, 9.17) is 16.3 Å². The number of hydrogen-bond donors (Lipinski definition) is 0. The number of anilines is 1. The van der Waals surface area contributed by atoms with Crippen LogP contribution in [-0.4, -0.2) is 39.9 Å². The molecule has 0 unspecified atom stereocenters. The molecule has 0 aromatic heterocycles. The van der Waals surface area contributed by atoms with Gasteiger partial charge in [0.25, 0.3) is 0 Å². The molecule has 0 radical (unpaired) electrons. The second-order valence-electron chi connectivity index (χ2n) is 5.85. The first-order valence-electron chi connectivity index (χ1n) is 7.81. The maximum absolute atomic E-state index is 13.0. The van der Waals surface area contributed by atoms with Crippen LogP contribution in [0.3, 0.4) is 0 Å². The molecule has 6 nitrogen and oxygen atoms in total. The molecule has 8 heteroatoms. The Bertz CT molecular complexity index is 827. The summed E-state index contributed by atoms with van der Waals surface area (Å²) in [5.41, 5.74) is 0.123. The van der Waals surface area contributed by atoms with E-state index in [-0.39, 0.29) is 33.5 Å². The number of Topliss-reactive ketones (excluding diaryl/α,β-unsaturated/α-hetero) is 2. The van der Waals surface area contributed by atoms with E-state index < -0.39 is 15.8 Å². The Morgan fingerprint density at radius 2 is 2.00 bits per heavy atom. The number of ether oxygens (including phenoxy) is 1. The van der Waals surface area contributed by atoms with Gasteiger partial charge in [0.2, 0.25) is 15.8 Å². The minimum Gasteiger partial charge on any atom is -0.501 e. The largest absolute Gasteiger partial charge is 0.501 e. The van der Waals surface area contributed by atoms with Crippen molar-refractivity contribution in [3.05, 3.63) is 40.6 Å². The molecular formula is C17H20ClNO5S. The Balaban J connectivity index is 2.51. The van der Waals surface area contributed by atoms with Gasteiger partial charge in [-0.05, 0) is 38.0 Å². The number of hydrogen-bond acceptors (Lipinski definition) is 5. The second-order valence-corrected chi connectivity index (χ2v) is 8.30. The lowest BCUT2D eigenvalue weighted by atomic mass is 9.97. The quantitative estimate of drug-likeness (QED) is 0.226. The van der Waals surface area contributed by atoms with Crippen molar-refractivity contribution in [2.45, 2.75) is 19.8 Å². The van der Waals surface area contributed by atoms with Crippen molar-refractivity contribution in [2.75, 3.05) is 24.2 Å². The molecule has 25 heavy (non-hydrogen) atoms. The van der Waals surface area contributed by atoms with E-state index in [1.54, 1.807) is 6.92 Å². The third-order valence-corrected chi connectivity index (χ3v) is 5.29. The minimum absolute atomic E-state index is 0.0742. The van der Waals surface area contributed by atoms with Crippen LogP contribution < -0.4 is 4.31 Å². The molecule has 1 fully saturated rings. The Morgan fingerprint density at radius 1 is 1.36 bits per heavy atom. The zero-order chi connectivity index (χ0) is 18.8. The molecule has 0 N–H and O–H groups in total. The van der Waals surface area contributed by atoms with Crippen molar-refractivity contribution in [3.8, 4) is 0 Å². The van der Waals surface area contributed by atoms with E-state index in [9.17, 15) is 18.0 Å². The maximum Gasteiger partial charge on any atom is 0.232 e. The number of sulfonamides is 1. The first kappa shape index (κ1) is 19.5. The molecule has 0 saturated heterocycles. The molecular weight excluding hydrogens is 366 g/mol. The number of nitrogens with zero attached hydrogens (tertiary/aromatic N) is 1. The number of halogens is 1. The smallest absolute Gasteiger partial charge is 0.232 e. The van der Waals surface area contributed by atoms with Gasteiger partial charge in [-0.3, -0.25) is 13.9 Å². The van der Waals surface area contributed by atoms with E-state index in [1.165, 1.54) is 31.5 Å². The zero-order valence-corrected chi connectivity index (χ0v) is 15.9. The second kappa shape index (κ2) is 7.58. The van der Waals surface area contributed by atoms with Gasteiger partial charge in [-0.15, -0.1) is 0 Å². The van der Waals surface area contributed by atoms with Crippen LogP contribution in [0, 0.1) is 5.92 Å². The number of rotatable bonds is 8. The molecule has 0 aliphatic heterocycles. The van der Waals surface area contributed by atoms with E-state index in [2.05, 4.69) is 0 Å². The molecule has 1 saturated carbocycles. The highest BCUT2D eigenvalue weighted by molar-refractivity contribution is 7.92. The molecule has 0 heterocycles. The van der Waals surface area contributed by atoms with E-state index in [0.717, 1.165) is 23.4 Å². The highest BCUT2D eigenvalue weighted by atomic mass is 35.5. The standard InChI is InChI=1S/C17H20ClNO5S/c1-4-24-10-14(16(20)11-5-6-11)17(21)13-8-7-12(18)9-15(13)19(2)25(3,22)23/h7-11H,4-6H2,1-3H3/b14-10-. The lowest BCUT2D eigenvalue weighted by molar-refractivity contribution is -0.116. The summed E-state index contributed by atoms with van der Waals surface area (Å²) in [6, 6.07) is 4.28. The summed E-state index contributed by atoms with van der Waals surface area (Å²) in [7, 11) is -2.28. The summed E-state index contributed by atoms with van der Waals surface area (Å²) < 4.78 is 29.9. The molecule has 136 valence electrons. The van der Waals surface area contributed by atoms with Crippen molar-refractivity contribution < 1.29 is 22.7 Å². The van der Waals surface area contributed by atoms with Crippen LogP contribution in [0.15, 0.2) is 30.0 Å². The predicted octanol–water partition coefficient (Wildman–Crippen LogP) is 2.82. The molecule has 1 aromatic carbocycles. The van der Waals surface area contributed by atoms with Crippen LogP contribution in [0.4, 0.5) is 5.69 Å². The lowest BCUT2D eigenvalue weighted by Gasteiger charge is -2.20. The van der Waals surface area contributed by atoms with Gasteiger partial charge in [0, 0.05) is 23.6 Å². The highest BCUT2D eigenvalue weighted by Gasteiger charge is 2.36. The van der Waals surface area contributed by atoms with Gasteiger partial charge in [-0.25, -0.2) is 8.42 Å². The van der Waals surface area contributed by atoms with Crippen LogP contribution in [0.5, 0.6) is 0 Å². The van der Waals surface area contributed by atoms with E-state index in [1.807, 2.05) is 0 Å². The van der Waals surface area contributed by atoms with Crippen molar-refractivity contribution in [2.24, 2.45) is 5.92 Å². The van der Waals surface area contributed by atoms with Gasteiger partial charge in [0.1, 0.15) is 5.57 Å². The normalized spacial score (nSPS) is 15.0. The average molecular weight is 386 g/mol. The van der Waals surface area contributed by atoms with Gasteiger partial charge in [0.15, 0.2) is 5.78 Å². The molecule has 0 spiro atoms. The Labute approximate surface area is 152 Å². The number of carbonyl (C=O) groups excluding carboxylic acids is 2. The van der Waals surface area contributed by atoms with Crippen molar-refractivity contribution in [1.82, 2.24) is 0 Å². The van der Waals surface area contributed by atoms with E-state index >= 15 is 0 Å². The summed E-state index contributed by atoms with van der Waals surface area (Å²) in [6.45, 7) is 2.05.